The van der Waals surface area contributed by atoms with Crippen molar-refractivity contribution in [3.05, 3.63) is 35.4 Å². The lowest BCUT2D eigenvalue weighted by Crippen LogP contribution is -2.30. The second-order valence-corrected chi connectivity index (χ2v) is 2.91. The Labute approximate surface area is 95.5 Å². The zero-order valence-corrected chi connectivity index (χ0v) is 8.68. The van der Waals surface area contributed by atoms with E-state index < -0.39 is 29.3 Å². The molecule has 0 unspecified atom stereocenters. The van der Waals surface area contributed by atoms with Gasteiger partial charge in [0.05, 0.1) is 5.56 Å². The first-order chi connectivity index (χ1) is 6.84. The Hall–Kier alpha value is -1.27. The third-order valence-corrected chi connectivity index (χ3v) is 1.88. The number of hydrogen-bond donors (Lipinski definition) is 2. The summed E-state index contributed by atoms with van der Waals surface area (Å²) in [7, 11) is 0. The largest absolute Gasteiger partial charge is 0.478 e. The summed E-state index contributed by atoms with van der Waals surface area (Å²) in [6.07, 6.45) is -4.65. The maximum Gasteiger partial charge on any atom is 0.407 e. The summed E-state index contributed by atoms with van der Waals surface area (Å²) in [4.78, 5) is 10.6. The lowest BCUT2D eigenvalue weighted by atomic mass is 10.0. The Kier molecular flexibility index (Phi) is 4.77. The number of hydrogen-bond acceptors (Lipinski definition) is 2. The van der Waals surface area contributed by atoms with Crippen LogP contribution in [0.4, 0.5) is 13.2 Å². The monoisotopic (exact) mass is 255 g/mol. The highest BCUT2D eigenvalue weighted by molar-refractivity contribution is 5.89. The number of rotatable bonds is 2. The highest BCUT2D eigenvalue weighted by Crippen LogP contribution is 2.32. The van der Waals surface area contributed by atoms with Gasteiger partial charge in [-0.05, 0) is 11.6 Å². The predicted molar refractivity (Wildman–Crippen MR) is 53.6 cm³/mol. The molecule has 16 heavy (non-hydrogen) atoms. The second-order valence-electron chi connectivity index (χ2n) is 2.91. The van der Waals surface area contributed by atoms with Gasteiger partial charge in [-0.25, -0.2) is 4.79 Å². The van der Waals surface area contributed by atoms with E-state index in [1.54, 1.807) is 0 Å². The standard InChI is InChI=1S/C9H8F3NO2.ClH/c10-9(11,12)7(13)5-3-1-2-4-6(5)8(14)15;/h1-4,7H,13H2,(H,14,15);1H/t7-;/m1./s1. The summed E-state index contributed by atoms with van der Waals surface area (Å²) in [5.74, 6) is -1.43. The molecule has 0 heterocycles. The van der Waals surface area contributed by atoms with Crippen LogP contribution in [0.25, 0.3) is 0 Å². The molecule has 0 aliphatic rings. The van der Waals surface area contributed by atoms with E-state index in [1.165, 1.54) is 12.1 Å². The number of halogens is 4. The number of carboxylic acids is 1. The molecule has 7 heteroatoms. The summed E-state index contributed by atoms with van der Waals surface area (Å²) in [6, 6.07) is 2.53. The van der Waals surface area contributed by atoms with Crippen molar-refractivity contribution in [1.82, 2.24) is 0 Å². The minimum atomic E-state index is -4.65. The van der Waals surface area contributed by atoms with Crippen LogP contribution in [0.1, 0.15) is 22.0 Å². The Morgan fingerprint density at radius 3 is 2.25 bits per heavy atom. The molecule has 0 radical (unpaired) electrons. The number of benzene rings is 1. The van der Waals surface area contributed by atoms with E-state index in [0.717, 1.165) is 12.1 Å². The van der Waals surface area contributed by atoms with E-state index in [-0.39, 0.29) is 12.4 Å². The van der Waals surface area contributed by atoms with Crippen LogP contribution in [0.2, 0.25) is 0 Å². The zero-order valence-electron chi connectivity index (χ0n) is 7.86. The first-order valence-electron chi connectivity index (χ1n) is 3.98. The number of nitrogens with two attached hydrogens (primary N) is 1. The molecule has 3 N–H and O–H groups in total. The summed E-state index contributed by atoms with van der Waals surface area (Å²) >= 11 is 0. The van der Waals surface area contributed by atoms with E-state index in [9.17, 15) is 18.0 Å². The lowest BCUT2D eigenvalue weighted by Gasteiger charge is -2.17. The molecule has 1 rings (SSSR count). The Bertz CT molecular complexity index is 381. The fourth-order valence-corrected chi connectivity index (χ4v) is 1.14. The van der Waals surface area contributed by atoms with E-state index in [0.29, 0.717) is 0 Å². The molecule has 90 valence electrons. The van der Waals surface area contributed by atoms with Gasteiger partial charge in [-0.1, -0.05) is 18.2 Å². The third kappa shape index (κ3) is 3.11. The molecule has 1 aromatic rings. The highest BCUT2D eigenvalue weighted by atomic mass is 35.5. The molecule has 0 bridgehead atoms. The normalized spacial score (nSPS) is 12.8. The maximum atomic E-state index is 12.3. The summed E-state index contributed by atoms with van der Waals surface area (Å²) < 4.78 is 36.8. The van der Waals surface area contributed by atoms with Crippen molar-refractivity contribution in [3.8, 4) is 0 Å². The van der Waals surface area contributed by atoms with Gasteiger partial charge in [-0.15, -0.1) is 12.4 Å². The highest BCUT2D eigenvalue weighted by Gasteiger charge is 2.39. The predicted octanol–water partition coefficient (Wildman–Crippen LogP) is 2.37. The quantitative estimate of drug-likeness (QED) is 0.853. The van der Waals surface area contributed by atoms with E-state index in [4.69, 9.17) is 10.8 Å². The summed E-state index contributed by atoms with van der Waals surface area (Å²) in [5.41, 5.74) is 4.06. The van der Waals surface area contributed by atoms with Crippen molar-refractivity contribution in [2.24, 2.45) is 5.73 Å². The van der Waals surface area contributed by atoms with Crippen molar-refractivity contribution in [3.63, 3.8) is 0 Å². The van der Waals surface area contributed by atoms with Crippen molar-refractivity contribution in [1.29, 1.82) is 0 Å². The van der Waals surface area contributed by atoms with Crippen LogP contribution in [0.15, 0.2) is 24.3 Å². The van der Waals surface area contributed by atoms with Crippen LogP contribution < -0.4 is 5.73 Å². The molecular formula is C9H9ClF3NO2. The van der Waals surface area contributed by atoms with E-state index >= 15 is 0 Å². The Morgan fingerprint density at radius 1 is 1.31 bits per heavy atom. The summed E-state index contributed by atoms with van der Waals surface area (Å²) in [6.45, 7) is 0. The van der Waals surface area contributed by atoms with Gasteiger partial charge in [-0.3, -0.25) is 0 Å². The maximum absolute atomic E-state index is 12.3. The van der Waals surface area contributed by atoms with Gasteiger partial charge in [0.2, 0.25) is 0 Å². The average molecular weight is 256 g/mol. The first kappa shape index (κ1) is 14.7. The molecule has 1 aromatic carbocycles. The fraction of sp³-hybridized carbons (Fsp3) is 0.222. The van der Waals surface area contributed by atoms with Gasteiger partial charge in [0, 0.05) is 0 Å². The minimum absolute atomic E-state index is 0. The van der Waals surface area contributed by atoms with Crippen molar-refractivity contribution in [2.45, 2.75) is 12.2 Å². The summed E-state index contributed by atoms with van der Waals surface area (Å²) in [5, 5.41) is 8.66. The number of aromatic carboxylic acids is 1. The van der Waals surface area contributed by atoms with Crippen molar-refractivity contribution < 1.29 is 23.1 Å². The molecule has 0 saturated carbocycles. The Morgan fingerprint density at radius 2 is 1.81 bits per heavy atom. The van der Waals surface area contributed by atoms with Gasteiger partial charge in [0.15, 0.2) is 0 Å². The molecule has 3 nitrogen and oxygen atoms in total. The van der Waals surface area contributed by atoms with Crippen LogP contribution in [0.3, 0.4) is 0 Å². The average Bonchev–Trinajstić information content (AvgIpc) is 2.15. The van der Waals surface area contributed by atoms with Crippen LogP contribution in [0, 0.1) is 0 Å². The number of carbonyl (C=O) groups is 1. The third-order valence-electron chi connectivity index (χ3n) is 1.88. The minimum Gasteiger partial charge on any atom is -0.478 e. The van der Waals surface area contributed by atoms with Gasteiger partial charge in [0.25, 0.3) is 0 Å². The van der Waals surface area contributed by atoms with Gasteiger partial charge in [-0.2, -0.15) is 13.2 Å². The molecule has 0 aliphatic heterocycles. The van der Waals surface area contributed by atoms with E-state index in [1.807, 2.05) is 0 Å². The second kappa shape index (κ2) is 5.18. The number of alkyl halides is 3. The van der Waals surface area contributed by atoms with Gasteiger partial charge >= 0.3 is 12.1 Å². The first-order valence-corrected chi connectivity index (χ1v) is 3.98. The van der Waals surface area contributed by atoms with E-state index in [2.05, 4.69) is 0 Å². The van der Waals surface area contributed by atoms with Crippen molar-refractivity contribution in [2.75, 3.05) is 0 Å². The molecule has 0 amide bonds. The molecule has 0 aliphatic carbocycles. The van der Waals surface area contributed by atoms with Gasteiger partial charge < -0.3 is 10.8 Å². The van der Waals surface area contributed by atoms with Crippen LogP contribution in [-0.2, 0) is 0 Å². The molecular weight excluding hydrogens is 247 g/mol. The molecule has 1 atom stereocenters. The topological polar surface area (TPSA) is 63.3 Å². The molecule has 0 aromatic heterocycles. The number of carboxylic acid groups (broad SMARTS) is 1. The molecule has 0 saturated heterocycles. The molecule has 0 fully saturated rings. The molecule has 0 spiro atoms. The smallest absolute Gasteiger partial charge is 0.407 e. The lowest BCUT2D eigenvalue weighted by molar-refractivity contribution is -0.149. The van der Waals surface area contributed by atoms with Gasteiger partial charge in [0.1, 0.15) is 6.04 Å². The fourth-order valence-electron chi connectivity index (χ4n) is 1.14. The van der Waals surface area contributed by atoms with Crippen LogP contribution in [-0.4, -0.2) is 17.3 Å². The van der Waals surface area contributed by atoms with Crippen molar-refractivity contribution >= 4 is 18.4 Å². The van der Waals surface area contributed by atoms with Crippen LogP contribution >= 0.6 is 12.4 Å². The van der Waals surface area contributed by atoms with Crippen LogP contribution in [0.5, 0.6) is 0 Å². The zero-order chi connectivity index (χ0) is 11.6. The Balaban J connectivity index is 0.00000225. The SMILES string of the molecule is Cl.N[C@H](c1ccccc1C(=O)O)C(F)(F)F.